The van der Waals surface area contributed by atoms with Gasteiger partial charge in [-0.1, -0.05) is 18.2 Å². The first-order chi connectivity index (χ1) is 10.2. The maximum absolute atomic E-state index is 10.9. The van der Waals surface area contributed by atoms with Gasteiger partial charge < -0.3 is 9.84 Å². The minimum Gasteiger partial charge on any atom is -0.493 e. The van der Waals surface area contributed by atoms with Crippen LogP contribution in [0.4, 0.5) is 0 Å². The first-order valence-corrected chi connectivity index (χ1v) is 6.49. The van der Waals surface area contributed by atoms with Crippen molar-refractivity contribution in [2.45, 2.75) is 6.42 Å². The molecule has 0 unspecified atom stereocenters. The van der Waals surface area contributed by atoms with Crippen molar-refractivity contribution in [2.75, 3.05) is 6.61 Å². The number of carbonyl (C=O) groups is 1. The number of rotatable bonds is 5. The van der Waals surface area contributed by atoms with Crippen LogP contribution in [0.1, 0.15) is 16.2 Å². The molecule has 0 fully saturated rings. The highest BCUT2D eigenvalue weighted by Gasteiger charge is 2.08. The van der Waals surface area contributed by atoms with Crippen LogP contribution in [0.2, 0.25) is 0 Å². The van der Waals surface area contributed by atoms with E-state index in [0.717, 1.165) is 5.75 Å². The third-order valence-electron chi connectivity index (χ3n) is 2.96. The van der Waals surface area contributed by atoms with Gasteiger partial charge in [0.05, 0.1) is 12.2 Å². The van der Waals surface area contributed by atoms with Gasteiger partial charge in [0.15, 0.2) is 11.5 Å². The molecule has 0 saturated heterocycles. The van der Waals surface area contributed by atoms with E-state index in [2.05, 4.69) is 10.1 Å². The first-order valence-electron chi connectivity index (χ1n) is 6.49. The van der Waals surface area contributed by atoms with Gasteiger partial charge in [-0.25, -0.2) is 14.3 Å². The fourth-order valence-corrected chi connectivity index (χ4v) is 1.94. The molecular formula is C15H13N3O3. The van der Waals surface area contributed by atoms with Crippen molar-refractivity contribution in [3.8, 4) is 5.75 Å². The van der Waals surface area contributed by atoms with Crippen LogP contribution in [0.15, 0.2) is 48.7 Å². The molecular weight excluding hydrogens is 270 g/mol. The average Bonchev–Trinajstić information content (AvgIpc) is 2.90. The van der Waals surface area contributed by atoms with Gasteiger partial charge >= 0.3 is 5.97 Å². The van der Waals surface area contributed by atoms with E-state index < -0.39 is 5.97 Å². The highest BCUT2D eigenvalue weighted by atomic mass is 16.5. The van der Waals surface area contributed by atoms with Crippen LogP contribution in [0.5, 0.6) is 5.75 Å². The van der Waals surface area contributed by atoms with E-state index in [1.165, 1.54) is 16.8 Å². The smallest absolute Gasteiger partial charge is 0.337 e. The van der Waals surface area contributed by atoms with Crippen LogP contribution in [-0.2, 0) is 6.42 Å². The second kappa shape index (κ2) is 5.62. The van der Waals surface area contributed by atoms with Crippen molar-refractivity contribution in [3.05, 3.63) is 60.0 Å². The summed E-state index contributed by atoms with van der Waals surface area (Å²) in [6.45, 7) is 0.465. The molecule has 3 rings (SSSR count). The number of hydrogen-bond donors (Lipinski definition) is 1. The molecule has 106 valence electrons. The largest absolute Gasteiger partial charge is 0.493 e. The van der Waals surface area contributed by atoms with E-state index >= 15 is 0 Å². The van der Waals surface area contributed by atoms with Crippen molar-refractivity contribution in [1.29, 1.82) is 0 Å². The van der Waals surface area contributed by atoms with Crippen molar-refractivity contribution < 1.29 is 14.6 Å². The molecule has 0 aliphatic carbocycles. The van der Waals surface area contributed by atoms with E-state index in [1.807, 2.05) is 30.3 Å². The lowest BCUT2D eigenvalue weighted by atomic mass is 10.3. The van der Waals surface area contributed by atoms with Gasteiger partial charge in [0.1, 0.15) is 5.75 Å². The maximum Gasteiger partial charge on any atom is 0.337 e. The van der Waals surface area contributed by atoms with E-state index in [9.17, 15) is 4.79 Å². The molecule has 0 bridgehead atoms. The zero-order valence-corrected chi connectivity index (χ0v) is 11.1. The Labute approximate surface area is 120 Å². The highest BCUT2D eigenvalue weighted by molar-refractivity contribution is 5.87. The second-order valence-corrected chi connectivity index (χ2v) is 4.47. The second-order valence-electron chi connectivity index (χ2n) is 4.47. The number of aromatic carboxylic acids is 1. The van der Waals surface area contributed by atoms with Crippen molar-refractivity contribution >= 4 is 11.6 Å². The summed E-state index contributed by atoms with van der Waals surface area (Å²) in [5.41, 5.74) is 0.800. The van der Waals surface area contributed by atoms with Gasteiger partial charge in [0.2, 0.25) is 0 Å². The summed E-state index contributed by atoms with van der Waals surface area (Å²) >= 11 is 0. The summed E-state index contributed by atoms with van der Waals surface area (Å²) < 4.78 is 7.06. The SMILES string of the molecule is O=C(O)c1ccc2nc(CCOc3ccccc3)nn2c1. The summed E-state index contributed by atoms with van der Waals surface area (Å²) in [6, 6.07) is 12.7. The number of pyridine rings is 1. The summed E-state index contributed by atoms with van der Waals surface area (Å²) in [7, 11) is 0. The lowest BCUT2D eigenvalue weighted by Gasteiger charge is -2.03. The monoisotopic (exact) mass is 283 g/mol. The quantitative estimate of drug-likeness (QED) is 0.775. The Balaban J connectivity index is 1.68. The maximum atomic E-state index is 10.9. The normalized spacial score (nSPS) is 10.7. The Morgan fingerprint density at radius 3 is 2.76 bits per heavy atom. The van der Waals surface area contributed by atoms with Gasteiger partial charge in [-0.2, -0.15) is 5.10 Å². The fraction of sp³-hybridized carbons (Fsp3) is 0.133. The Kier molecular flexibility index (Phi) is 3.51. The van der Waals surface area contributed by atoms with Gasteiger partial charge in [0, 0.05) is 12.6 Å². The van der Waals surface area contributed by atoms with Gasteiger partial charge in [0.25, 0.3) is 0 Å². The molecule has 21 heavy (non-hydrogen) atoms. The average molecular weight is 283 g/mol. The first kappa shape index (κ1) is 13.1. The topological polar surface area (TPSA) is 76.7 Å². The summed E-state index contributed by atoms with van der Waals surface area (Å²) in [5, 5.41) is 13.2. The Morgan fingerprint density at radius 2 is 2.00 bits per heavy atom. The zero-order chi connectivity index (χ0) is 14.7. The minimum atomic E-state index is -0.985. The van der Waals surface area contributed by atoms with Gasteiger partial charge in [-0.15, -0.1) is 0 Å². The lowest BCUT2D eigenvalue weighted by molar-refractivity contribution is 0.0696. The number of benzene rings is 1. The molecule has 0 spiro atoms. The van der Waals surface area contributed by atoms with E-state index in [1.54, 1.807) is 6.07 Å². The van der Waals surface area contributed by atoms with E-state index in [0.29, 0.717) is 24.5 Å². The predicted octanol–water partition coefficient (Wildman–Crippen LogP) is 2.05. The summed E-state index contributed by atoms with van der Waals surface area (Å²) in [6.07, 6.45) is 2.01. The molecule has 0 atom stereocenters. The van der Waals surface area contributed by atoms with Crippen LogP contribution >= 0.6 is 0 Å². The van der Waals surface area contributed by atoms with Crippen molar-refractivity contribution in [1.82, 2.24) is 14.6 Å². The van der Waals surface area contributed by atoms with Gasteiger partial charge in [-0.05, 0) is 24.3 Å². The fourth-order valence-electron chi connectivity index (χ4n) is 1.94. The summed E-state index contributed by atoms with van der Waals surface area (Å²) in [5.74, 6) is 0.434. The number of carboxylic acids is 1. The molecule has 0 saturated carbocycles. The standard InChI is InChI=1S/C15H13N3O3/c19-15(20)11-6-7-14-16-13(17-18(14)10-11)8-9-21-12-4-2-1-3-5-12/h1-7,10H,8-9H2,(H,19,20). The van der Waals surface area contributed by atoms with E-state index in [4.69, 9.17) is 9.84 Å². The minimum absolute atomic E-state index is 0.180. The number of ether oxygens (including phenoxy) is 1. The number of fused-ring (bicyclic) bond motifs is 1. The van der Waals surface area contributed by atoms with Crippen molar-refractivity contribution in [2.24, 2.45) is 0 Å². The number of nitrogens with zero attached hydrogens (tertiary/aromatic N) is 3. The lowest BCUT2D eigenvalue weighted by Crippen LogP contribution is -2.03. The molecule has 1 aromatic carbocycles. The third-order valence-corrected chi connectivity index (χ3v) is 2.96. The molecule has 6 heteroatoms. The van der Waals surface area contributed by atoms with Crippen molar-refractivity contribution in [3.63, 3.8) is 0 Å². The Bertz CT molecular complexity index is 768. The predicted molar refractivity (Wildman–Crippen MR) is 75.6 cm³/mol. The number of para-hydroxylation sites is 1. The summed E-state index contributed by atoms with van der Waals surface area (Å²) in [4.78, 5) is 15.2. The molecule has 0 radical (unpaired) electrons. The highest BCUT2D eigenvalue weighted by Crippen LogP contribution is 2.09. The van der Waals surface area contributed by atoms with Crippen LogP contribution in [-0.4, -0.2) is 32.3 Å². The molecule has 1 N–H and O–H groups in total. The molecule has 0 aliphatic heterocycles. The number of aromatic nitrogens is 3. The Morgan fingerprint density at radius 1 is 1.19 bits per heavy atom. The molecule has 2 heterocycles. The van der Waals surface area contributed by atoms with Gasteiger partial charge in [-0.3, -0.25) is 0 Å². The Hall–Kier alpha value is -2.89. The van der Waals surface area contributed by atoms with Crippen LogP contribution in [0.3, 0.4) is 0 Å². The third kappa shape index (κ3) is 3.00. The molecule has 0 aliphatic rings. The molecule has 6 nitrogen and oxygen atoms in total. The number of hydrogen-bond acceptors (Lipinski definition) is 4. The molecule has 0 amide bonds. The number of carboxylic acid groups (broad SMARTS) is 1. The van der Waals surface area contributed by atoms with E-state index in [-0.39, 0.29) is 5.56 Å². The zero-order valence-electron chi connectivity index (χ0n) is 11.1. The van der Waals surface area contributed by atoms with Crippen LogP contribution in [0.25, 0.3) is 5.65 Å². The van der Waals surface area contributed by atoms with Crippen LogP contribution < -0.4 is 4.74 Å². The van der Waals surface area contributed by atoms with Crippen LogP contribution in [0, 0.1) is 0 Å². The molecule has 3 aromatic rings. The molecule has 2 aromatic heterocycles.